The summed E-state index contributed by atoms with van der Waals surface area (Å²) in [5, 5.41) is 9.18. The predicted molar refractivity (Wildman–Crippen MR) is 160 cm³/mol. The van der Waals surface area contributed by atoms with Crippen LogP contribution in [0, 0.1) is 11.2 Å². The first kappa shape index (κ1) is 36.7. The lowest BCUT2D eigenvalue weighted by Gasteiger charge is -2.35. The van der Waals surface area contributed by atoms with Gasteiger partial charge in [-0.15, -0.1) is 0 Å². The smallest absolute Gasteiger partial charge is 0.416 e. The molecule has 1 aliphatic heterocycles. The molecule has 0 aromatic heterocycles. The molecule has 15 heteroatoms. The average molecular weight is 718 g/mol. The number of hydrogen-bond acceptors (Lipinski definition) is 3. The van der Waals surface area contributed by atoms with E-state index in [2.05, 4.69) is 0 Å². The number of nitrogens with zero attached hydrogens (tertiary/aromatic N) is 1. The molecule has 50 heavy (non-hydrogen) atoms. The van der Waals surface area contributed by atoms with Gasteiger partial charge in [0.1, 0.15) is 11.9 Å². The molecular formula is C35H29F10NO4. The van der Waals surface area contributed by atoms with Crippen LogP contribution in [0.5, 0.6) is 0 Å². The second-order valence-electron chi connectivity index (χ2n) is 13.2. The average Bonchev–Trinajstić information content (AvgIpc) is 3.27. The summed E-state index contributed by atoms with van der Waals surface area (Å²) in [5.41, 5.74) is -5.24. The van der Waals surface area contributed by atoms with Crippen LogP contribution in [0.2, 0.25) is 0 Å². The number of benzene rings is 3. The van der Waals surface area contributed by atoms with Crippen molar-refractivity contribution in [1.29, 1.82) is 0 Å². The van der Waals surface area contributed by atoms with E-state index < -0.39 is 81.8 Å². The number of halogens is 10. The van der Waals surface area contributed by atoms with Crippen LogP contribution in [0.3, 0.4) is 0 Å². The summed E-state index contributed by atoms with van der Waals surface area (Å²) in [5.74, 6) is -2.51. The number of ether oxygens (including phenoxy) is 1. The van der Waals surface area contributed by atoms with Crippen LogP contribution in [0.4, 0.5) is 48.7 Å². The van der Waals surface area contributed by atoms with Crippen molar-refractivity contribution in [2.75, 3.05) is 6.54 Å². The molecule has 0 radical (unpaired) electrons. The number of rotatable bonds is 6. The fourth-order valence-corrected chi connectivity index (χ4v) is 6.42. The van der Waals surface area contributed by atoms with Gasteiger partial charge in [-0.1, -0.05) is 19.9 Å². The molecule has 2 atom stereocenters. The highest BCUT2D eigenvalue weighted by atomic mass is 19.4. The summed E-state index contributed by atoms with van der Waals surface area (Å²) in [6.45, 7) is 4.88. The molecule has 0 saturated carbocycles. The molecule has 1 N–H and O–H groups in total. The van der Waals surface area contributed by atoms with Gasteiger partial charge < -0.3 is 9.84 Å². The van der Waals surface area contributed by atoms with Crippen LogP contribution in [-0.2, 0) is 23.3 Å². The molecule has 0 spiro atoms. The maximum Gasteiger partial charge on any atom is 0.416 e. The molecule has 0 unspecified atom stereocenters. The van der Waals surface area contributed by atoms with Gasteiger partial charge in [0, 0.05) is 12.1 Å². The van der Waals surface area contributed by atoms with E-state index >= 15 is 4.39 Å². The Labute approximate surface area is 279 Å². The van der Waals surface area contributed by atoms with Crippen molar-refractivity contribution >= 4 is 17.6 Å². The lowest BCUT2D eigenvalue weighted by molar-refractivity contribution is -0.143. The minimum Gasteiger partial charge on any atom is -0.478 e. The number of carbonyl (C=O) groups excluding carboxylic acids is 1. The molecule has 5 nitrogen and oxygen atoms in total. The Morgan fingerprint density at radius 3 is 1.96 bits per heavy atom. The van der Waals surface area contributed by atoms with E-state index in [4.69, 9.17) is 4.74 Å². The highest BCUT2D eigenvalue weighted by molar-refractivity contribution is 5.88. The number of carboxylic acid groups (broad SMARTS) is 1. The number of carbonyl (C=O) groups is 2. The number of alkyl halides is 9. The lowest BCUT2D eigenvalue weighted by atomic mass is 9.72. The zero-order valence-corrected chi connectivity index (χ0v) is 26.6. The van der Waals surface area contributed by atoms with Gasteiger partial charge in [-0.3, -0.25) is 4.90 Å². The predicted octanol–water partition coefficient (Wildman–Crippen LogP) is 10.8. The molecule has 1 aliphatic carbocycles. The van der Waals surface area contributed by atoms with Gasteiger partial charge in [0.2, 0.25) is 0 Å². The minimum absolute atomic E-state index is 0.0421. The van der Waals surface area contributed by atoms with Crippen molar-refractivity contribution in [1.82, 2.24) is 4.90 Å². The molecule has 2 aliphatic rings. The molecule has 1 amide bonds. The summed E-state index contributed by atoms with van der Waals surface area (Å²) >= 11 is 0. The van der Waals surface area contributed by atoms with Gasteiger partial charge in [-0.05, 0) is 108 Å². The Hall–Kier alpha value is -4.56. The van der Waals surface area contributed by atoms with Crippen LogP contribution >= 0.6 is 0 Å². The molecular weight excluding hydrogens is 688 g/mol. The van der Waals surface area contributed by atoms with E-state index in [1.54, 1.807) is 0 Å². The largest absolute Gasteiger partial charge is 0.478 e. The first-order chi connectivity index (χ1) is 22.9. The second kappa shape index (κ2) is 12.6. The number of allylic oxidation sites excluding steroid dienone is 1. The molecule has 1 heterocycles. The Morgan fingerprint density at radius 1 is 0.860 bits per heavy atom. The molecule has 3 aromatic rings. The summed E-state index contributed by atoms with van der Waals surface area (Å²) in [6.07, 6.45) is -16.8. The Morgan fingerprint density at radius 2 is 1.42 bits per heavy atom. The minimum atomic E-state index is -5.14. The Bertz CT molecular complexity index is 1840. The summed E-state index contributed by atoms with van der Waals surface area (Å²) in [6, 6.07) is 5.53. The third-order valence-electron chi connectivity index (χ3n) is 9.00. The van der Waals surface area contributed by atoms with Gasteiger partial charge in [0.25, 0.3) is 0 Å². The van der Waals surface area contributed by atoms with Gasteiger partial charge in [-0.2, -0.15) is 39.5 Å². The summed E-state index contributed by atoms with van der Waals surface area (Å²) in [7, 11) is 0. The van der Waals surface area contributed by atoms with Crippen molar-refractivity contribution in [3.63, 3.8) is 0 Å². The van der Waals surface area contributed by atoms with Crippen molar-refractivity contribution in [3.05, 3.63) is 99.4 Å². The number of amides is 1. The van der Waals surface area contributed by atoms with Crippen LogP contribution in [0.15, 0.2) is 60.2 Å². The van der Waals surface area contributed by atoms with Crippen LogP contribution in [0.1, 0.15) is 84.3 Å². The zero-order valence-electron chi connectivity index (χ0n) is 26.6. The van der Waals surface area contributed by atoms with Crippen molar-refractivity contribution in [2.45, 2.75) is 70.7 Å². The maximum absolute atomic E-state index is 15.1. The molecule has 5 rings (SSSR count). The number of aromatic carboxylic acids is 1. The number of hydrogen-bond donors (Lipinski definition) is 1. The second-order valence-corrected chi connectivity index (χ2v) is 13.2. The standard InChI is InChI=1S/C35H29F10NO4/c1-17-29(21-11-24(34(40,41)42)14-25(12-21)35(43,44)45)50-31(49)46(17)16-22-15-32(2,3)7-6-26(22)19-8-20(10-23(9-19)33(37,38)39)27-5-4-18(30(47)48)13-28(27)36/h4-5,8-14,17,29H,6-7,15-16H2,1-3H3,(H,47,48)/t17-,29-/m0/s1. The highest BCUT2D eigenvalue weighted by Gasteiger charge is 2.44. The first-order valence-corrected chi connectivity index (χ1v) is 15.2. The third-order valence-corrected chi connectivity index (χ3v) is 9.00. The number of cyclic esters (lactones) is 1. The normalized spacial score (nSPS) is 19.9. The molecule has 0 bridgehead atoms. The fraction of sp³-hybridized carbons (Fsp3) is 0.371. The topological polar surface area (TPSA) is 66.8 Å². The van der Waals surface area contributed by atoms with Crippen molar-refractivity contribution < 1.29 is 63.3 Å². The van der Waals surface area contributed by atoms with Gasteiger partial charge in [-0.25, -0.2) is 14.0 Å². The van der Waals surface area contributed by atoms with Crippen molar-refractivity contribution in [3.8, 4) is 11.1 Å². The zero-order chi connectivity index (χ0) is 37.1. The van der Waals surface area contributed by atoms with Crippen LogP contribution in [-0.4, -0.2) is 34.7 Å². The maximum atomic E-state index is 15.1. The molecule has 268 valence electrons. The van der Waals surface area contributed by atoms with Gasteiger partial charge in [0.05, 0.1) is 28.3 Å². The van der Waals surface area contributed by atoms with Gasteiger partial charge in [0.15, 0.2) is 0 Å². The van der Waals surface area contributed by atoms with Crippen molar-refractivity contribution in [2.24, 2.45) is 5.41 Å². The Balaban J connectivity index is 1.58. The van der Waals surface area contributed by atoms with Crippen LogP contribution < -0.4 is 0 Å². The number of carboxylic acids is 1. The summed E-state index contributed by atoms with van der Waals surface area (Å²) < 4.78 is 144. The molecule has 3 aromatic carbocycles. The third kappa shape index (κ3) is 7.60. The van der Waals surface area contributed by atoms with E-state index in [1.165, 1.54) is 13.0 Å². The van der Waals surface area contributed by atoms with E-state index in [0.29, 0.717) is 35.8 Å². The van der Waals surface area contributed by atoms with E-state index in [-0.39, 0.29) is 42.1 Å². The van der Waals surface area contributed by atoms with E-state index in [1.807, 2.05) is 13.8 Å². The molecule has 1 saturated heterocycles. The van der Waals surface area contributed by atoms with E-state index in [0.717, 1.165) is 29.2 Å². The lowest BCUT2D eigenvalue weighted by Crippen LogP contribution is -2.35. The fourth-order valence-electron chi connectivity index (χ4n) is 6.42. The van der Waals surface area contributed by atoms with Crippen LogP contribution in [0.25, 0.3) is 16.7 Å². The summed E-state index contributed by atoms with van der Waals surface area (Å²) in [4.78, 5) is 25.5. The highest BCUT2D eigenvalue weighted by Crippen LogP contribution is 2.47. The quantitative estimate of drug-likeness (QED) is 0.258. The first-order valence-electron chi connectivity index (χ1n) is 15.2. The Kier molecular flexibility index (Phi) is 9.28. The van der Waals surface area contributed by atoms with Gasteiger partial charge >= 0.3 is 30.6 Å². The van der Waals surface area contributed by atoms with E-state index in [9.17, 15) is 54.2 Å². The SMILES string of the molecule is C[C@H]1[C@@H](c2cc(C(F)(F)F)cc(C(F)(F)F)c2)OC(=O)N1CC1=C(c2cc(-c3ccc(C(=O)O)cc3F)cc(C(F)(F)F)c2)CCC(C)(C)C1. The molecule has 1 fully saturated rings. The monoisotopic (exact) mass is 717 g/mol.